The molecule has 0 aliphatic rings. The molecule has 0 saturated carbocycles. The molecule has 0 radical (unpaired) electrons. The molecule has 134 valence electrons. The number of anilines is 1. The molecule has 1 rings (SSSR count). The SMILES string of the molecule is C=C(C)C(=O)Nc1cc(C(C)(C)C)c(O)c(C(C)(C)CCCC)c1. The summed E-state index contributed by atoms with van der Waals surface area (Å²) in [5.74, 6) is 0.148. The van der Waals surface area contributed by atoms with E-state index in [0.29, 0.717) is 17.0 Å². The highest BCUT2D eigenvalue weighted by molar-refractivity contribution is 6.03. The van der Waals surface area contributed by atoms with Gasteiger partial charge in [0.15, 0.2) is 0 Å². The minimum Gasteiger partial charge on any atom is -0.507 e. The normalized spacial score (nSPS) is 12.1. The molecule has 0 saturated heterocycles. The molecule has 3 nitrogen and oxygen atoms in total. The van der Waals surface area contributed by atoms with E-state index in [4.69, 9.17) is 0 Å². The zero-order valence-corrected chi connectivity index (χ0v) is 16.3. The third kappa shape index (κ3) is 4.86. The Balaban J connectivity index is 3.46. The fourth-order valence-corrected chi connectivity index (χ4v) is 2.79. The number of hydrogen-bond donors (Lipinski definition) is 2. The number of carbonyl (C=O) groups is 1. The Morgan fingerprint density at radius 2 is 1.71 bits per heavy atom. The first-order valence-electron chi connectivity index (χ1n) is 8.75. The monoisotopic (exact) mass is 331 g/mol. The van der Waals surface area contributed by atoms with Crippen LogP contribution < -0.4 is 5.32 Å². The highest BCUT2D eigenvalue weighted by Crippen LogP contribution is 2.43. The van der Waals surface area contributed by atoms with Gasteiger partial charge in [0, 0.05) is 22.4 Å². The number of phenols is 1. The Morgan fingerprint density at radius 1 is 1.17 bits per heavy atom. The summed E-state index contributed by atoms with van der Waals surface area (Å²) in [6.45, 7) is 18.0. The van der Waals surface area contributed by atoms with Crippen molar-refractivity contribution in [3.05, 3.63) is 35.4 Å². The summed E-state index contributed by atoms with van der Waals surface area (Å²) in [6, 6.07) is 3.77. The Bertz CT molecular complexity index is 621. The first-order valence-corrected chi connectivity index (χ1v) is 8.75. The molecule has 1 amide bonds. The number of amides is 1. The lowest BCUT2D eigenvalue weighted by atomic mass is 9.76. The third-order valence-electron chi connectivity index (χ3n) is 4.45. The van der Waals surface area contributed by atoms with Crippen LogP contribution >= 0.6 is 0 Å². The second kappa shape index (κ2) is 7.42. The summed E-state index contributed by atoms with van der Waals surface area (Å²) in [5.41, 5.74) is 2.53. The maximum atomic E-state index is 12.0. The van der Waals surface area contributed by atoms with Gasteiger partial charge < -0.3 is 10.4 Å². The van der Waals surface area contributed by atoms with Gasteiger partial charge in [-0.25, -0.2) is 0 Å². The minimum atomic E-state index is -0.219. The van der Waals surface area contributed by atoms with Gasteiger partial charge in [0.2, 0.25) is 0 Å². The lowest BCUT2D eigenvalue weighted by molar-refractivity contribution is -0.112. The molecule has 0 fully saturated rings. The fraction of sp³-hybridized carbons (Fsp3) is 0.571. The van der Waals surface area contributed by atoms with Crippen LogP contribution in [0.25, 0.3) is 0 Å². The summed E-state index contributed by atoms with van der Waals surface area (Å²) in [4.78, 5) is 12.0. The van der Waals surface area contributed by atoms with Crippen molar-refractivity contribution in [2.75, 3.05) is 5.32 Å². The van der Waals surface area contributed by atoms with Crippen LogP contribution in [0.5, 0.6) is 5.75 Å². The van der Waals surface area contributed by atoms with Crippen LogP contribution in [0.3, 0.4) is 0 Å². The first-order chi connectivity index (χ1) is 10.9. The number of phenolic OH excluding ortho intramolecular Hbond substituents is 1. The highest BCUT2D eigenvalue weighted by Gasteiger charge is 2.29. The van der Waals surface area contributed by atoms with Crippen LogP contribution in [0.1, 0.15) is 78.9 Å². The van der Waals surface area contributed by atoms with Crippen molar-refractivity contribution in [1.29, 1.82) is 0 Å². The van der Waals surface area contributed by atoms with E-state index in [2.05, 4.69) is 53.4 Å². The number of hydrogen-bond acceptors (Lipinski definition) is 2. The van der Waals surface area contributed by atoms with Crippen molar-refractivity contribution >= 4 is 11.6 Å². The van der Waals surface area contributed by atoms with Gasteiger partial charge >= 0.3 is 0 Å². The maximum Gasteiger partial charge on any atom is 0.250 e. The van der Waals surface area contributed by atoms with Crippen molar-refractivity contribution in [1.82, 2.24) is 0 Å². The van der Waals surface area contributed by atoms with Gasteiger partial charge in [-0.2, -0.15) is 0 Å². The number of nitrogens with one attached hydrogen (secondary N) is 1. The quantitative estimate of drug-likeness (QED) is 0.521. The van der Waals surface area contributed by atoms with Gasteiger partial charge in [-0.1, -0.05) is 61.0 Å². The Hall–Kier alpha value is -1.77. The van der Waals surface area contributed by atoms with Gasteiger partial charge in [0.05, 0.1) is 0 Å². The molecule has 0 spiro atoms. The van der Waals surface area contributed by atoms with E-state index in [0.717, 1.165) is 30.4 Å². The van der Waals surface area contributed by atoms with E-state index in [-0.39, 0.29) is 16.7 Å². The van der Waals surface area contributed by atoms with Gasteiger partial charge in [-0.3, -0.25) is 4.79 Å². The van der Waals surface area contributed by atoms with Crippen molar-refractivity contribution in [2.24, 2.45) is 0 Å². The topological polar surface area (TPSA) is 49.3 Å². The summed E-state index contributed by atoms with van der Waals surface area (Å²) in [7, 11) is 0. The average molecular weight is 332 g/mol. The van der Waals surface area contributed by atoms with Crippen LogP contribution in [0.15, 0.2) is 24.3 Å². The number of benzene rings is 1. The largest absolute Gasteiger partial charge is 0.507 e. The van der Waals surface area contributed by atoms with Crippen molar-refractivity contribution in [2.45, 2.75) is 78.6 Å². The molecule has 0 aliphatic heterocycles. The molecule has 0 bridgehead atoms. The molecule has 1 aromatic rings. The number of carbonyl (C=O) groups excluding carboxylic acids is 1. The second-order valence-corrected chi connectivity index (χ2v) is 8.39. The zero-order valence-electron chi connectivity index (χ0n) is 16.3. The van der Waals surface area contributed by atoms with E-state index < -0.39 is 0 Å². The zero-order chi connectivity index (χ0) is 18.7. The third-order valence-corrected chi connectivity index (χ3v) is 4.45. The van der Waals surface area contributed by atoms with E-state index in [1.165, 1.54) is 0 Å². The van der Waals surface area contributed by atoms with Gasteiger partial charge in [0.25, 0.3) is 5.91 Å². The molecule has 2 N–H and O–H groups in total. The van der Waals surface area contributed by atoms with Crippen LogP contribution in [0, 0.1) is 0 Å². The fourth-order valence-electron chi connectivity index (χ4n) is 2.79. The summed E-state index contributed by atoms with van der Waals surface area (Å²) in [6.07, 6.45) is 3.20. The maximum absolute atomic E-state index is 12.0. The van der Waals surface area contributed by atoms with Gasteiger partial charge in [-0.05, 0) is 36.3 Å². The standard InChI is InChI=1S/C21H33NO2/c1-9-10-11-21(7,8)17-13-15(22-19(24)14(2)3)12-16(18(17)23)20(4,5)6/h12-13,23H,2,9-11H2,1,3-8H3,(H,22,24). The summed E-state index contributed by atoms with van der Waals surface area (Å²) in [5, 5.41) is 13.8. The van der Waals surface area contributed by atoms with Crippen LogP contribution in [-0.4, -0.2) is 11.0 Å². The van der Waals surface area contributed by atoms with Crippen LogP contribution in [-0.2, 0) is 15.6 Å². The van der Waals surface area contributed by atoms with Crippen LogP contribution in [0.2, 0.25) is 0 Å². The minimum absolute atomic E-state index is 0.163. The summed E-state index contributed by atoms with van der Waals surface area (Å²) >= 11 is 0. The summed E-state index contributed by atoms with van der Waals surface area (Å²) < 4.78 is 0. The van der Waals surface area contributed by atoms with E-state index >= 15 is 0 Å². The Labute approximate surface area is 147 Å². The van der Waals surface area contributed by atoms with E-state index in [1.54, 1.807) is 6.92 Å². The van der Waals surface area contributed by atoms with E-state index in [9.17, 15) is 9.90 Å². The average Bonchev–Trinajstić information content (AvgIpc) is 2.45. The molecule has 24 heavy (non-hydrogen) atoms. The molecule has 0 atom stereocenters. The molecule has 0 aromatic heterocycles. The lowest BCUT2D eigenvalue weighted by Gasteiger charge is -2.31. The molecule has 0 heterocycles. The number of unbranched alkanes of at least 4 members (excludes halogenated alkanes) is 1. The van der Waals surface area contributed by atoms with Crippen molar-refractivity contribution in [3.63, 3.8) is 0 Å². The Kier molecular flexibility index (Phi) is 6.26. The molecule has 1 aromatic carbocycles. The van der Waals surface area contributed by atoms with Gasteiger partial charge in [0.1, 0.15) is 5.75 Å². The Morgan fingerprint density at radius 3 is 2.17 bits per heavy atom. The van der Waals surface area contributed by atoms with Crippen molar-refractivity contribution < 1.29 is 9.90 Å². The smallest absolute Gasteiger partial charge is 0.250 e. The molecule has 3 heteroatoms. The second-order valence-electron chi connectivity index (χ2n) is 8.39. The van der Waals surface area contributed by atoms with Gasteiger partial charge in [-0.15, -0.1) is 0 Å². The molecular formula is C21H33NO2. The molecule has 0 aliphatic carbocycles. The first kappa shape index (κ1) is 20.3. The number of aromatic hydroxyl groups is 1. The lowest BCUT2D eigenvalue weighted by Crippen LogP contribution is -2.21. The molecular weight excluding hydrogens is 298 g/mol. The van der Waals surface area contributed by atoms with Crippen LogP contribution in [0.4, 0.5) is 5.69 Å². The predicted octanol–water partition coefficient (Wildman–Crippen LogP) is 5.67. The van der Waals surface area contributed by atoms with E-state index in [1.807, 2.05) is 12.1 Å². The van der Waals surface area contributed by atoms with Crippen molar-refractivity contribution in [3.8, 4) is 5.75 Å². The molecule has 0 unspecified atom stereocenters. The predicted molar refractivity (Wildman–Crippen MR) is 103 cm³/mol. The highest BCUT2D eigenvalue weighted by atomic mass is 16.3. The number of rotatable bonds is 6.